The molecule has 3 heteroatoms. The number of hydrogen-bond donors (Lipinski definition) is 1. The maximum absolute atomic E-state index is 4.77. The molecule has 0 aromatic carbocycles. The number of rotatable bonds is 6. The van der Waals surface area contributed by atoms with E-state index in [9.17, 15) is 0 Å². The molecule has 2 atom stereocenters. The molecule has 1 aliphatic carbocycles. The maximum Gasteiger partial charge on any atom is 0.0547 e. The predicted molar refractivity (Wildman–Crippen MR) is 84.5 cm³/mol. The summed E-state index contributed by atoms with van der Waals surface area (Å²) in [7, 11) is 2.26. The molecule has 112 valence electrons. The monoisotopic (exact) mass is 275 g/mol. The first-order valence-corrected chi connectivity index (χ1v) is 8.06. The lowest BCUT2D eigenvalue weighted by molar-refractivity contribution is 0.132. The summed E-state index contributed by atoms with van der Waals surface area (Å²) in [6, 6.07) is 7.12. The van der Waals surface area contributed by atoms with Crippen molar-refractivity contribution in [1.82, 2.24) is 15.2 Å². The van der Waals surface area contributed by atoms with Crippen molar-refractivity contribution in [3.8, 4) is 0 Å². The minimum atomic E-state index is 0.725. The molecular formula is C17H29N3. The highest BCUT2D eigenvalue weighted by molar-refractivity contribution is 5.11. The Kier molecular flexibility index (Phi) is 5.99. The van der Waals surface area contributed by atoms with Gasteiger partial charge in [0.25, 0.3) is 0 Å². The lowest BCUT2D eigenvalue weighted by Gasteiger charge is -2.36. The first-order chi connectivity index (χ1) is 9.70. The average Bonchev–Trinajstić information content (AvgIpc) is 2.46. The molecule has 1 saturated carbocycles. The summed E-state index contributed by atoms with van der Waals surface area (Å²) in [5.74, 6) is 0.818. The topological polar surface area (TPSA) is 28.2 Å². The van der Waals surface area contributed by atoms with E-state index in [-0.39, 0.29) is 0 Å². The third kappa shape index (κ3) is 4.29. The fraction of sp³-hybridized carbons (Fsp3) is 0.706. The Balaban J connectivity index is 1.94. The summed E-state index contributed by atoms with van der Waals surface area (Å²) in [6.45, 7) is 7.35. The van der Waals surface area contributed by atoms with Crippen molar-refractivity contribution < 1.29 is 0 Å². The smallest absolute Gasteiger partial charge is 0.0547 e. The SMILES string of the molecule is CCNCc1cccc(CN(C)C2CCCCC2C)n1. The fourth-order valence-corrected chi connectivity index (χ4v) is 3.29. The standard InChI is InChI=1S/C17H29N3/c1-4-18-12-15-9-7-10-16(19-15)13-20(3)17-11-6-5-8-14(17)2/h7,9-10,14,17-18H,4-6,8,11-13H2,1-3H3. The van der Waals surface area contributed by atoms with Gasteiger partial charge in [0.1, 0.15) is 0 Å². The van der Waals surface area contributed by atoms with E-state index >= 15 is 0 Å². The molecule has 2 rings (SSSR count). The van der Waals surface area contributed by atoms with Crippen LogP contribution in [0.25, 0.3) is 0 Å². The van der Waals surface area contributed by atoms with E-state index in [1.165, 1.54) is 31.4 Å². The van der Waals surface area contributed by atoms with Crippen molar-refractivity contribution in [2.75, 3.05) is 13.6 Å². The van der Waals surface area contributed by atoms with E-state index in [4.69, 9.17) is 4.98 Å². The molecule has 0 amide bonds. The first kappa shape index (κ1) is 15.5. The second kappa shape index (κ2) is 7.75. The van der Waals surface area contributed by atoms with Gasteiger partial charge in [0, 0.05) is 19.1 Å². The van der Waals surface area contributed by atoms with Gasteiger partial charge in [-0.1, -0.05) is 32.8 Å². The van der Waals surface area contributed by atoms with Crippen LogP contribution in [0.3, 0.4) is 0 Å². The fourth-order valence-electron chi connectivity index (χ4n) is 3.29. The molecule has 0 spiro atoms. The molecule has 1 N–H and O–H groups in total. The summed E-state index contributed by atoms with van der Waals surface area (Å²) in [5, 5.41) is 3.34. The van der Waals surface area contributed by atoms with Crippen LogP contribution in [0, 0.1) is 5.92 Å². The van der Waals surface area contributed by atoms with Gasteiger partial charge in [0.05, 0.1) is 11.4 Å². The van der Waals surface area contributed by atoms with Crippen molar-refractivity contribution in [2.24, 2.45) is 5.92 Å². The third-order valence-corrected chi connectivity index (χ3v) is 4.46. The normalized spacial score (nSPS) is 23.2. The van der Waals surface area contributed by atoms with Gasteiger partial charge in [-0.05, 0) is 44.5 Å². The van der Waals surface area contributed by atoms with Gasteiger partial charge in [0.2, 0.25) is 0 Å². The zero-order valence-corrected chi connectivity index (χ0v) is 13.2. The van der Waals surface area contributed by atoms with Gasteiger partial charge in [-0.25, -0.2) is 0 Å². The van der Waals surface area contributed by atoms with Crippen LogP contribution in [0.4, 0.5) is 0 Å². The lowest BCUT2D eigenvalue weighted by Crippen LogP contribution is -2.38. The highest BCUT2D eigenvalue weighted by Gasteiger charge is 2.24. The third-order valence-electron chi connectivity index (χ3n) is 4.46. The molecule has 1 aromatic heterocycles. The van der Waals surface area contributed by atoms with Crippen molar-refractivity contribution in [3.63, 3.8) is 0 Å². The maximum atomic E-state index is 4.77. The van der Waals surface area contributed by atoms with Crippen LogP contribution in [-0.2, 0) is 13.1 Å². The zero-order valence-electron chi connectivity index (χ0n) is 13.2. The Labute approximate surface area is 123 Å². The Morgan fingerprint density at radius 1 is 1.25 bits per heavy atom. The summed E-state index contributed by atoms with van der Waals surface area (Å²) < 4.78 is 0. The summed E-state index contributed by atoms with van der Waals surface area (Å²) >= 11 is 0. The number of pyridine rings is 1. The zero-order chi connectivity index (χ0) is 14.4. The van der Waals surface area contributed by atoms with Crippen LogP contribution >= 0.6 is 0 Å². The Morgan fingerprint density at radius 3 is 2.75 bits per heavy atom. The second-order valence-corrected chi connectivity index (χ2v) is 6.14. The molecule has 0 radical (unpaired) electrons. The van der Waals surface area contributed by atoms with Crippen molar-refractivity contribution >= 4 is 0 Å². The number of nitrogens with zero attached hydrogens (tertiary/aromatic N) is 2. The Bertz CT molecular complexity index is 405. The summed E-state index contributed by atoms with van der Waals surface area (Å²) in [4.78, 5) is 7.27. The highest BCUT2D eigenvalue weighted by Crippen LogP contribution is 2.27. The van der Waals surface area contributed by atoms with E-state index in [0.29, 0.717) is 0 Å². The number of nitrogens with one attached hydrogen (secondary N) is 1. The van der Waals surface area contributed by atoms with Crippen LogP contribution in [-0.4, -0.2) is 29.5 Å². The molecule has 2 unspecified atom stereocenters. The molecular weight excluding hydrogens is 246 g/mol. The summed E-state index contributed by atoms with van der Waals surface area (Å²) in [5.41, 5.74) is 2.34. The van der Waals surface area contributed by atoms with E-state index in [1.807, 2.05) is 0 Å². The molecule has 0 bridgehead atoms. The average molecular weight is 275 g/mol. The van der Waals surface area contributed by atoms with Gasteiger partial charge >= 0.3 is 0 Å². The molecule has 3 nitrogen and oxygen atoms in total. The van der Waals surface area contributed by atoms with Gasteiger partial charge in [-0.3, -0.25) is 9.88 Å². The molecule has 0 aliphatic heterocycles. The quantitative estimate of drug-likeness (QED) is 0.864. The molecule has 1 aromatic rings. The van der Waals surface area contributed by atoms with Crippen molar-refractivity contribution in [1.29, 1.82) is 0 Å². The Morgan fingerprint density at radius 2 is 2.00 bits per heavy atom. The lowest BCUT2D eigenvalue weighted by atomic mass is 9.85. The minimum Gasteiger partial charge on any atom is -0.311 e. The largest absolute Gasteiger partial charge is 0.311 e. The Hall–Kier alpha value is -0.930. The van der Waals surface area contributed by atoms with Crippen LogP contribution in [0.2, 0.25) is 0 Å². The predicted octanol–water partition coefficient (Wildman–Crippen LogP) is 3.20. The van der Waals surface area contributed by atoms with E-state index in [1.54, 1.807) is 0 Å². The van der Waals surface area contributed by atoms with Crippen LogP contribution in [0.5, 0.6) is 0 Å². The molecule has 1 aliphatic rings. The van der Waals surface area contributed by atoms with Crippen molar-refractivity contribution in [3.05, 3.63) is 29.6 Å². The van der Waals surface area contributed by atoms with Gasteiger partial charge in [0.15, 0.2) is 0 Å². The van der Waals surface area contributed by atoms with Crippen LogP contribution < -0.4 is 5.32 Å². The van der Waals surface area contributed by atoms with E-state index in [2.05, 4.69) is 49.3 Å². The number of hydrogen-bond acceptors (Lipinski definition) is 3. The van der Waals surface area contributed by atoms with Crippen LogP contribution in [0.1, 0.15) is 50.9 Å². The van der Waals surface area contributed by atoms with Gasteiger partial charge in [-0.15, -0.1) is 0 Å². The minimum absolute atomic E-state index is 0.725. The highest BCUT2D eigenvalue weighted by atomic mass is 15.1. The molecule has 1 heterocycles. The van der Waals surface area contributed by atoms with Crippen molar-refractivity contribution in [2.45, 2.75) is 58.7 Å². The van der Waals surface area contributed by atoms with E-state index in [0.717, 1.165) is 37.3 Å². The second-order valence-electron chi connectivity index (χ2n) is 6.14. The molecule has 0 saturated heterocycles. The number of aromatic nitrogens is 1. The van der Waals surface area contributed by atoms with Crippen LogP contribution in [0.15, 0.2) is 18.2 Å². The summed E-state index contributed by atoms with van der Waals surface area (Å²) in [6.07, 6.45) is 5.51. The molecule has 1 fully saturated rings. The van der Waals surface area contributed by atoms with E-state index < -0.39 is 0 Å². The first-order valence-electron chi connectivity index (χ1n) is 8.06. The van der Waals surface area contributed by atoms with Gasteiger partial charge in [-0.2, -0.15) is 0 Å². The van der Waals surface area contributed by atoms with Gasteiger partial charge < -0.3 is 5.32 Å². The molecule has 20 heavy (non-hydrogen) atoms.